The molecule has 0 unspecified atom stereocenters. The Morgan fingerprint density at radius 2 is 1.77 bits per heavy atom. The number of hydrogen-bond acceptors (Lipinski definition) is 8. The zero-order chi connectivity index (χ0) is 17.8. The minimum atomic E-state index is 0.521. The van der Waals surface area contributed by atoms with Gasteiger partial charge >= 0.3 is 0 Å². The Morgan fingerprint density at radius 3 is 2.54 bits per heavy atom. The van der Waals surface area contributed by atoms with E-state index in [9.17, 15) is 0 Å². The van der Waals surface area contributed by atoms with Gasteiger partial charge in [-0.25, -0.2) is 19.9 Å². The molecular formula is C17H22N8O. The van der Waals surface area contributed by atoms with Gasteiger partial charge in [-0.3, -0.25) is 4.90 Å². The molecule has 1 saturated heterocycles. The summed E-state index contributed by atoms with van der Waals surface area (Å²) in [7, 11) is 1.60. The van der Waals surface area contributed by atoms with Gasteiger partial charge in [0.15, 0.2) is 11.2 Å². The fourth-order valence-corrected chi connectivity index (χ4v) is 3.26. The molecule has 0 saturated carbocycles. The zero-order valence-electron chi connectivity index (χ0n) is 14.8. The number of hydrogen-bond donors (Lipinski definition) is 0. The SMILES string of the molecule is COc1ncnc2c1ncn2CCCN1CCN(c2ncccn2)CC1. The molecule has 0 spiro atoms. The number of nitrogens with zero attached hydrogens (tertiary/aromatic N) is 8. The minimum absolute atomic E-state index is 0.521. The lowest BCUT2D eigenvalue weighted by Crippen LogP contribution is -2.47. The average Bonchev–Trinajstić information content (AvgIpc) is 3.12. The third-order valence-corrected chi connectivity index (χ3v) is 4.64. The maximum atomic E-state index is 5.24. The van der Waals surface area contributed by atoms with E-state index < -0.39 is 0 Å². The third kappa shape index (κ3) is 3.43. The number of aromatic nitrogens is 6. The Kier molecular flexibility index (Phi) is 4.87. The van der Waals surface area contributed by atoms with E-state index in [2.05, 4.69) is 39.3 Å². The maximum absolute atomic E-state index is 5.24. The zero-order valence-corrected chi connectivity index (χ0v) is 14.8. The molecular weight excluding hydrogens is 332 g/mol. The van der Waals surface area contributed by atoms with Crippen LogP contribution in [0.1, 0.15) is 6.42 Å². The van der Waals surface area contributed by atoms with E-state index in [-0.39, 0.29) is 0 Å². The number of rotatable bonds is 6. The van der Waals surface area contributed by atoms with Crippen LogP contribution in [-0.2, 0) is 6.54 Å². The highest BCUT2D eigenvalue weighted by atomic mass is 16.5. The van der Waals surface area contributed by atoms with E-state index in [4.69, 9.17) is 4.74 Å². The molecule has 1 fully saturated rings. The van der Waals surface area contributed by atoms with Gasteiger partial charge in [-0.1, -0.05) is 0 Å². The Labute approximate surface area is 151 Å². The van der Waals surface area contributed by atoms with Crippen molar-refractivity contribution in [3.05, 3.63) is 31.1 Å². The summed E-state index contributed by atoms with van der Waals surface area (Å²) >= 11 is 0. The van der Waals surface area contributed by atoms with Crippen molar-refractivity contribution in [1.29, 1.82) is 0 Å². The predicted octanol–water partition coefficient (Wildman–Crippen LogP) is 0.837. The second-order valence-electron chi connectivity index (χ2n) is 6.22. The summed E-state index contributed by atoms with van der Waals surface area (Å²) in [6, 6.07) is 1.85. The van der Waals surface area contributed by atoms with Gasteiger partial charge in [-0.2, -0.15) is 4.98 Å². The summed E-state index contributed by atoms with van der Waals surface area (Å²) in [6.07, 6.45) is 7.96. The van der Waals surface area contributed by atoms with Crippen LogP contribution >= 0.6 is 0 Å². The predicted molar refractivity (Wildman–Crippen MR) is 97.2 cm³/mol. The van der Waals surface area contributed by atoms with Crippen LogP contribution in [0.25, 0.3) is 11.2 Å². The first-order valence-electron chi connectivity index (χ1n) is 8.79. The first kappa shape index (κ1) is 16.6. The molecule has 136 valence electrons. The topological polar surface area (TPSA) is 85.1 Å². The van der Waals surface area contributed by atoms with Crippen molar-refractivity contribution in [3.63, 3.8) is 0 Å². The van der Waals surface area contributed by atoms with Crippen molar-refractivity contribution < 1.29 is 4.74 Å². The lowest BCUT2D eigenvalue weighted by molar-refractivity contribution is 0.249. The van der Waals surface area contributed by atoms with Crippen LogP contribution in [0.2, 0.25) is 0 Å². The van der Waals surface area contributed by atoms with Crippen molar-refractivity contribution in [3.8, 4) is 5.88 Å². The molecule has 0 bridgehead atoms. The molecule has 3 aromatic heterocycles. The summed E-state index contributed by atoms with van der Waals surface area (Å²) in [5.74, 6) is 1.35. The van der Waals surface area contributed by atoms with Gasteiger partial charge in [0, 0.05) is 45.1 Å². The number of imidazole rings is 1. The second-order valence-corrected chi connectivity index (χ2v) is 6.22. The van der Waals surface area contributed by atoms with E-state index >= 15 is 0 Å². The van der Waals surface area contributed by atoms with Crippen LogP contribution in [0.15, 0.2) is 31.1 Å². The fourth-order valence-electron chi connectivity index (χ4n) is 3.26. The van der Waals surface area contributed by atoms with Crippen molar-refractivity contribution >= 4 is 17.1 Å². The highest BCUT2D eigenvalue weighted by Crippen LogP contribution is 2.19. The van der Waals surface area contributed by atoms with E-state index in [1.807, 2.05) is 12.4 Å². The molecule has 4 rings (SSSR count). The molecule has 26 heavy (non-hydrogen) atoms. The molecule has 0 N–H and O–H groups in total. The van der Waals surface area contributed by atoms with Gasteiger partial charge < -0.3 is 14.2 Å². The quantitative estimate of drug-likeness (QED) is 0.644. The molecule has 1 aliphatic rings. The van der Waals surface area contributed by atoms with Crippen LogP contribution < -0.4 is 9.64 Å². The number of ether oxygens (including phenoxy) is 1. The van der Waals surface area contributed by atoms with Gasteiger partial charge in [-0.05, 0) is 19.0 Å². The molecule has 9 nitrogen and oxygen atoms in total. The molecule has 0 amide bonds. The highest BCUT2D eigenvalue weighted by Gasteiger charge is 2.18. The monoisotopic (exact) mass is 354 g/mol. The largest absolute Gasteiger partial charge is 0.479 e. The second kappa shape index (κ2) is 7.61. The Morgan fingerprint density at radius 1 is 0.962 bits per heavy atom. The number of fused-ring (bicyclic) bond motifs is 1. The van der Waals surface area contributed by atoms with E-state index in [0.717, 1.165) is 57.3 Å². The van der Waals surface area contributed by atoms with Crippen LogP contribution in [-0.4, -0.2) is 74.2 Å². The van der Waals surface area contributed by atoms with E-state index in [1.165, 1.54) is 6.33 Å². The summed E-state index contributed by atoms with van der Waals surface area (Å²) in [4.78, 5) is 26.2. The summed E-state index contributed by atoms with van der Waals surface area (Å²) in [6.45, 7) is 5.90. The van der Waals surface area contributed by atoms with Gasteiger partial charge in [-0.15, -0.1) is 0 Å². The van der Waals surface area contributed by atoms with Crippen molar-refractivity contribution in [2.45, 2.75) is 13.0 Å². The first-order chi connectivity index (χ1) is 12.8. The number of anilines is 1. The Bertz CT molecular complexity index is 844. The molecule has 0 radical (unpaired) electrons. The van der Waals surface area contributed by atoms with Gasteiger partial charge in [0.25, 0.3) is 0 Å². The van der Waals surface area contributed by atoms with E-state index in [0.29, 0.717) is 11.4 Å². The molecule has 0 aromatic carbocycles. The fraction of sp³-hybridized carbons (Fsp3) is 0.471. The van der Waals surface area contributed by atoms with E-state index in [1.54, 1.807) is 19.5 Å². The van der Waals surface area contributed by atoms with Gasteiger partial charge in [0.05, 0.1) is 13.4 Å². The van der Waals surface area contributed by atoms with Crippen molar-refractivity contribution in [2.24, 2.45) is 0 Å². The minimum Gasteiger partial charge on any atom is -0.479 e. The maximum Gasteiger partial charge on any atom is 0.245 e. The normalized spacial score (nSPS) is 15.5. The number of piperazine rings is 1. The summed E-state index contributed by atoms with van der Waals surface area (Å²) in [5, 5.41) is 0. The molecule has 0 atom stereocenters. The van der Waals surface area contributed by atoms with Crippen LogP contribution in [0.4, 0.5) is 5.95 Å². The molecule has 3 aromatic rings. The Balaban J connectivity index is 1.28. The number of aryl methyl sites for hydroxylation is 1. The van der Waals surface area contributed by atoms with Crippen molar-refractivity contribution in [1.82, 2.24) is 34.4 Å². The van der Waals surface area contributed by atoms with Gasteiger partial charge in [0.2, 0.25) is 11.8 Å². The van der Waals surface area contributed by atoms with Gasteiger partial charge in [0.1, 0.15) is 6.33 Å². The van der Waals surface area contributed by atoms with Crippen LogP contribution in [0.5, 0.6) is 5.88 Å². The van der Waals surface area contributed by atoms with Crippen LogP contribution in [0.3, 0.4) is 0 Å². The molecule has 9 heteroatoms. The first-order valence-corrected chi connectivity index (χ1v) is 8.79. The summed E-state index contributed by atoms with van der Waals surface area (Å²) in [5.41, 5.74) is 1.54. The lowest BCUT2D eigenvalue weighted by Gasteiger charge is -2.34. The molecule has 0 aliphatic carbocycles. The average molecular weight is 354 g/mol. The summed E-state index contributed by atoms with van der Waals surface area (Å²) < 4.78 is 7.30. The lowest BCUT2D eigenvalue weighted by atomic mass is 10.3. The van der Waals surface area contributed by atoms with Crippen LogP contribution in [0, 0.1) is 0 Å². The molecule has 4 heterocycles. The third-order valence-electron chi connectivity index (χ3n) is 4.64. The highest BCUT2D eigenvalue weighted by molar-refractivity contribution is 5.75. The standard InChI is InChI=1S/C17H22N8O/c1-26-16-14-15(20-12-21-16)25(13-22-14)7-3-6-23-8-10-24(11-9-23)17-18-4-2-5-19-17/h2,4-5,12-13H,3,6-11H2,1H3. The smallest absolute Gasteiger partial charge is 0.245 e. The molecule has 1 aliphatic heterocycles. The Hall–Kier alpha value is -2.81. The number of methoxy groups -OCH3 is 1. The van der Waals surface area contributed by atoms with Crippen molar-refractivity contribution in [2.75, 3.05) is 44.7 Å².